The molecule has 10 heteroatoms. The first-order chi connectivity index (χ1) is 13.6. The topological polar surface area (TPSA) is 70.2 Å². The summed E-state index contributed by atoms with van der Waals surface area (Å²) >= 11 is 1.82. The summed E-state index contributed by atoms with van der Waals surface area (Å²) in [5, 5.41) is 6.98. The average molecular weight is 435 g/mol. The Morgan fingerprint density at radius 1 is 1.24 bits per heavy atom. The summed E-state index contributed by atoms with van der Waals surface area (Å²) in [7, 11) is 0. The highest BCUT2D eigenvalue weighted by molar-refractivity contribution is 7.99. The largest absolute Gasteiger partial charge is 0.432 e. The zero-order valence-corrected chi connectivity index (χ0v) is 16.4. The van der Waals surface area contributed by atoms with Crippen molar-refractivity contribution in [1.29, 1.82) is 5.41 Å². The number of hydrogen-bond acceptors (Lipinski definition) is 4. The minimum Gasteiger partial charge on any atom is -0.394 e. The molecule has 1 aliphatic heterocycles. The van der Waals surface area contributed by atoms with Crippen molar-refractivity contribution in [3.8, 4) is 0 Å². The summed E-state index contributed by atoms with van der Waals surface area (Å²) in [4.78, 5) is 13.7. The zero-order chi connectivity index (χ0) is 21.6. The molecule has 0 aromatic heterocycles. The molecule has 1 amide bonds. The number of benzene rings is 1. The molecule has 160 valence electrons. The highest BCUT2D eigenvalue weighted by Crippen LogP contribution is 2.26. The maximum absolute atomic E-state index is 14.0. The van der Waals surface area contributed by atoms with Gasteiger partial charge in [0, 0.05) is 12.1 Å². The molecule has 1 saturated heterocycles. The first-order valence-electron chi connectivity index (χ1n) is 9.02. The van der Waals surface area contributed by atoms with Gasteiger partial charge in [0.25, 0.3) is 5.91 Å². The Kier molecular flexibility index (Phi) is 8.06. The summed E-state index contributed by atoms with van der Waals surface area (Å²) in [6.45, 7) is -0.372. The molecule has 3 N–H and O–H groups in total. The fourth-order valence-corrected chi connectivity index (χ4v) is 4.19. The standard InChI is InChI=1S/C19H22F5N3OS/c20-14-2-1-3-15(21)13(14)11-27(7-4-12-5-8-29-9-6-12)18(28)16(25)10-17(26)19(22,23)24/h1-3,10,12,26H,4-9,11,25H2/b16-10-,26-17?. The van der Waals surface area contributed by atoms with E-state index in [0.29, 0.717) is 12.3 Å². The van der Waals surface area contributed by atoms with Crippen molar-refractivity contribution in [1.82, 2.24) is 4.90 Å². The molecule has 0 spiro atoms. The molecule has 1 aromatic carbocycles. The number of thioether (sulfide) groups is 1. The van der Waals surface area contributed by atoms with Gasteiger partial charge in [-0.2, -0.15) is 24.9 Å². The van der Waals surface area contributed by atoms with E-state index in [0.717, 1.165) is 41.4 Å². The van der Waals surface area contributed by atoms with Gasteiger partial charge in [-0.15, -0.1) is 0 Å². The van der Waals surface area contributed by atoms with E-state index in [1.807, 2.05) is 11.8 Å². The molecule has 1 heterocycles. The number of nitrogens with one attached hydrogen (secondary N) is 1. The maximum atomic E-state index is 14.0. The van der Waals surface area contributed by atoms with Gasteiger partial charge in [0.1, 0.15) is 17.3 Å². The van der Waals surface area contributed by atoms with Crippen molar-refractivity contribution in [3.63, 3.8) is 0 Å². The van der Waals surface area contributed by atoms with Crippen molar-refractivity contribution in [3.05, 3.63) is 47.2 Å². The number of alkyl halides is 3. The molecule has 1 aromatic rings. The minimum atomic E-state index is -4.95. The van der Waals surface area contributed by atoms with Crippen LogP contribution in [0.2, 0.25) is 0 Å². The molecule has 1 aliphatic rings. The molecule has 29 heavy (non-hydrogen) atoms. The number of halogens is 5. The fraction of sp³-hybridized carbons (Fsp3) is 0.474. The predicted octanol–water partition coefficient (Wildman–Crippen LogP) is 4.25. The van der Waals surface area contributed by atoms with Crippen molar-refractivity contribution < 1.29 is 26.7 Å². The highest BCUT2D eigenvalue weighted by Gasteiger charge is 2.33. The first kappa shape index (κ1) is 23.2. The monoisotopic (exact) mass is 435 g/mol. The third-order valence-corrected chi connectivity index (χ3v) is 5.75. The third kappa shape index (κ3) is 6.73. The van der Waals surface area contributed by atoms with Gasteiger partial charge in [-0.1, -0.05) is 6.07 Å². The Labute approximate surface area is 169 Å². The second-order valence-electron chi connectivity index (χ2n) is 6.78. The van der Waals surface area contributed by atoms with Gasteiger partial charge in [0.05, 0.1) is 12.2 Å². The van der Waals surface area contributed by atoms with Crippen LogP contribution >= 0.6 is 11.8 Å². The van der Waals surface area contributed by atoms with Crippen LogP contribution in [-0.4, -0.2) is 40.7 Å². The summed E-state index contributed by atoms with van der Waals surface area (Å²) < 4.78 is 65.8. The molecule has 0 saturated carbocycles. The Morgan fingerprint density at radius 3 is 2.38 bits per heavy atom. The first-order valence-corrected chi connectivity index (χ1v) is 10.2. The van der Waals surface area contributed by atoms with Gasteiger partial charge >= 0.3 is 6.18 Å². The molecule has 0 unspecified atom stereocenters. The van der Waals surface area contributed by atoms with E-state index in [9.17, 15) is 26.7 Å². The van der Waals surface area contributed by atoms with Gasteiger partial charge in [-0.05, 0) is 54.9 Å². The zero-order valence-electron chi connectivity index (χ0n) is 15.6. The van der Waals surface area contributed by atoms with Crippen LogP contribution in [0.4, 0.5) is 22.0 Å². The van der Waals surface area contributed by atoms with Crippen LogP contribution in [0, 0.1) is 23.0 Å². The van der Waals surface area contributed by atoms with Crippen molar-refractivity contribution >= 4 is 23.4 Å². The van der Waals surface area contributed by atoms with E-state index >= 15 is 0 Å². The van der Waals surface area contributed by atoms with Crippen molar-refractivity contribution in [2.45, 2.75) is 32.0 Å². The van der Waals surface area contributed by atoms with Crippen LogP contribution < -0.4 is 5.73 Å². The molecule has 4 nitrogen and oxygen atoms in total. The van der Waals surface area contributed by atoms with E-state index in [-0.39, 0.29) is 18.2 Å². The Morgan fingerprint density at radius 2 is 1.83 bits per heavy atom. The van der Waals surface area contributed by atoms with Gasteiger partial charge in [0.15, 0.2) is 0 Å². The Hall–Kier alpha value is -2.10. The van der Waals surface area contributed by atoms with E-state index in [1.54, 1.807) is 0 Å². The number of carbonyl (C=O) groups excluding carboxylic acids is 1. The van der Waals surface area contributed by atoms with Crippen LogP contribution in [0.1, 0.15) is 24.8 Å². The molecule has 2 rings (SSSR count). The van der Waals surface area contributed by atoms with Gasteiger partial charge in [0.2, 0.25) is 0 Å². The number of nitrogens with zero attached hydrogens (tertiary/aromatic N) is 1. The van der Waals surface area contributed by atoms with E-state index in [2.05, 4.69) is 0 Å². The van der Waals surface area contributed by atoms with E-state index in [4.69, 9.17) is 11.1 Å². The number of allylic oxidation sites excluding steroid dienone is 1. The van der Waals surface area contributed by atoms with Crippen molar-refractivity contribution in [2.75, 3.05) is 18.1 Å². The van der Waals surface area contributed by atoms with E-state index in [1.165, 1.54) is 6.07 Å². The number of rotatable bonds is 7. The number of carbonyl (C=O) groups is 1. The van der Waals surface area contributed by atoms with Crippen LogP contribution in [0.5, 0.6) is 0 Å². The number of amides is 1. The lowest BCUT2D eigenvalue weighted by Crippen LogP contribution is -2.37. The Balaban J connectivity index is 2.21. The number of nitrogens with two attached hydrogens (primary N) is 1. The molecular formula is C19H22F5N3OS. The second-order valence-corrected chi connectivity index (χ2v) is 8.01. The minimum absolute atomic E-state index is 0.0931. The summed E-state index contributed by atoms with van der Waals surface area (Å²) in [5.74, 6) is -0.441. The van der Waals surface area contributed by atoms with Crippen molar-refractivity contribution in [2.24, 2.45) is 11.7 Å². The quantitative estimate of drug-likeness (QED) is 0.382. The summed E-state index contributed by atoms with van der Waals surface area (Å²) in [5.41, 5.74) is 2.55. The SMILES string of the molecule is N=C(/C=C(\N)C(=O)N(CCC1CCSCC1)Cc1c(F)cccc1F)C(F)(F)F. The van der Waals surface area contributed by atoms with Crippen LogP contribution in [-0.2, 0) is 11.3 Å². The molecular weight excluding hydrogens is 413 g/mol. The van der Waals surface area contributed by atoms with Crippen LogP contribution in [0.15, 0.2) is 30.0 Å². The van der Waals surface area contributed by atoms with Gasteiger partial charge in [-0.25, -0.2) is 8.78 Å². The number of hydrogen-bond donors (Lipinski definition) is 2. The molecule has 0 bridgehead atoms. The Bertz CT molecular complexity index is 755. The molecule has 0 aliphatic carbocycles. The van der Waals surface area contributed by atoms with E-state index < -0.39 is 41.7 Å². The molecule has 0 radical (unpaired) electrons. The van der Waals surface area contributed by atoms with Gasteiger partial charge < -0.3 is 10.6 Å². The third-order valence-electron chi connectivity index (χ3n) is 4.70. The normalized spacial score (nSPS) is 16.0. The maximum Gasteiger partial charge on any atom is 0.432 e. The lowest BCUT2D eigenvalue weighted by atomic mass is 9.98. The van der Waals surface area contributed by atoms with Gasteiger partial charge in [-0.3, -0.25) is 10.2 Å². The van der Waals surface area contributed by atoms with Crippen LogP contribution in [0.25, 0.3) is 0 Å². The highest BCUT2D eigenvalue weighted by atomic mass is 32.2. The summed E-state index contributed by atoms with van der Waals surface area (Å²) in [6.07, 6.45) is -2.31. The summed E-state index contributed by atoms with van der Waals surface area (Å²) in [6, 6.07) is 3.26. The van der Waals surface area contributed by atoms with Crippen LogP contribution in [0.3, 0.4) is 0 Å². The molecule has 1 fully saturated rings. The average Bonchev–Trinajstić information content (AvgIpc) is 2.66. The lowest BCUT2D eigenvalue weighted by molar-refractivity contribution is -0.128. The second kappa shape index (κ2) is 10.1. The lowest BCUT2D eigenvalue weighted by Gasteiger charge is -2.27. The molecule has 0 atom stereocenters. The fourth-order valence-electron chi connectivity index (χ4n) is 2.98. The predicted molar refractivity (Wildman–Crippen MR) is 102 cm³/mol. The smallest absolute Gasteiger partial charge is 0.394 e.